The van der Waals surface area contributed by atoms with Crippen LogP contribution >= 0.6 is 0 Å². The van der Waals surface area contributed by atoms with Crippen LogP contribution in [0.25, 0.3) is 0 Å². The van der Waals surface area contributed by atoms with Gasteiger partial charge in [-0.15, -0.1) is 0 Å². The SMILES string of the molecule is Cc1cc(C=O)cc(C)c1OCC1CNC(=O)O1. The number of aryl methyl sites for hydroxylation is 2. The molecule has 18 heavy (non-hydrogen) atoms. The van der Waals surface area contributed by atoms with Gasteiger partial charge in [0.2, 0.25) is 0 Å². The van der Waals surface area contributed by atoms with E-state index in [9.17, 15) is 9.59 Å². The van der Waals surface area contributed by atoms with Gasteiger partial charge in [-0.05, 0) is 37.1 Å². The Morgan fingerprint density at radius 2 is 2.11 bits per heavy atom. The van der Waals surface area contributed by atoms with Gasteiger partial charge in [0, 0.05) is 5.56 Å². The number of carbonyl (C=O) groups is 2. The van der Waals surface area contributed by atoms with E-state index in [4.69, 9.17) is 9.47 Å². The number of benzene rings is 1. The first-order valence-electron chi connectivity index (χ1n) is 5.74. The van der Waals surface area contributed by atoms with Crippen molar-refractivity contribution >= 4 is 12.4 Å². The molecular formula is C13H15NO4. The van der Waals surface area contributed by atoms with E-state index in [-0.39, 0.29) is 6.10 Å². The molecule has 1 amide bonds. The first-order chi connectivity index (χ1) is 8.60. The standard InChI is InChI=1S/C13H15NO4/c1-8-3-10(6-15)4-9(2)12(8)17-7-11-5-14-13(16)18-11/h3-4,6,11H,5,7H2,1-2H3,(H,14,16). The summed E-state index contributed by atoms with van der Waals surface area (Å²) in [6.45, 7) is 4.53. The Labute approximate surface area is 105 Å². The lowest BCUT2D eigenvalue weighted by Gasteiger charge is -2.15. The second-order valence-corrected chi connectivity index (χ2v) is 4.32. The minimum Gasteiger partial charge on any atom is -0.489 e. The Kier molecular flexibility index (Phi) is 3.50. The zero-order chi connectivity index (χ0) is 13.1. The number of alkyl carbamates (subject to hydrolysis) is 1. The van der Waals surface area contributed by atoms with Gasteiger partial charge in [-0.1, -0.05) is 0 Å². The number of amides is 1. The Morgan fingerprint density at radius 3 is 2.61 bits per heavy atom. The van der Waals surface area contributed by atoms with Crippen LogP contribution in [0.2, 0.25) is 0 Å². The summed E-state index contributed by atoms with van der Waals surface area (Å²) in [4.78, 5) is 21.6. The average molecular weight is 249 g/mol. The van der Waals surface area contributed by atoms with Crippen molar-refractivity contribution in [2.45, 2.75) is 20.0 Å². The third-order valence-corrected chi connectivity index (χ3v) is 2.78. The van der Waals surface area contributed by atoms with E-state index >= 15 is 0 Å². The monoisotopic (exact) mass is 249 g/mol. The maximum absolute atomic E-state index is 10.9. The Morgan fingerprint density at radius 1 is 1.44 bits per heavy atom. The Balaban J connectivity index is 2.05. The van der Waals surface area contributed by atoms with E-state index in [0.29, 0.717) is 18.7 Å². The van der Waals surface area contributed by atoms with Crippen molar-refractivity contribution in [1.82, 2.24) is 5.32 Å². The summed E-state index contributed by atoms with van der Waals surface area (Å²) in [5, 5.41) is 2.57. The number of aldehydes is 1. The van der Waals surface area contributed by atoms with E-state index in [1.807, 2.05) is 13.8 Å². The van der Waals surface area contributed by atoms with Crippen LogP contribution in [-0.2, 0) is 4.74 Å². The summed E-state index contributed by atoms with van der Waals surface area (Å²) in [6, 6.07) is 3.54. The number of carbonyl (C=O) groups excluding carboxylic acids is 2. The molecule has 0 aliphatic carbocycles. The van der Waals surface area contributed by atoms with Gasteiger partial charge in [-0.3, -0.25) is 4.79 Å². The van der Waals surface area contributed by atoms with E-state index in [1.165, 1.54) is 0 Å². The van der Waals surface area contributed by atoms with E-state index in [0.717, 1.165) is 23.2 Å². The first-order valence-corrected chi connectivity index (χ1v) is 5.74. The van der Waals surface area contributed by atoms with Crippen molar-refractivity contribution in [1.29, 1.82) is 0 Å². The number of nitrogens with one attached hydrogen (secondary N) is 1. The van der Waals surface area contributed by atoms with Gasteiger partial charge in [0.05, 0.1) is 6.54 Å². The lowest BCUT2D eigenvalue weighted by molar-refractivity contribution is 0.104. The average Bonchev–Trinajstić information content (AvgIpc) is 2.73. The molecule has 1 aliphatic rings. The Hall–Kier alpha value is -2.04. The lowest BCUT2D eigenvalue weighted by atomic mass is 10.1. The minimum absolute atomic E-state index is 0.262. The van der Waals surface area contributed by atoms with Crippen LogP contribution in [0.5, 0.6) is 5.75 Å². The molecule has 0 bridgehead atoms. The maximum atomic E-state index is 10.9. The van der Waals surface area contributed by atoms with E-state index in [1.54, 1.807) is 12.1 Å². The molecule has 5 nitrogen and oxygen atoms in total. The molecule has 1 aromatic carbocycles. The molecule has 2 rings (SSSR count). The van der Waals surface area contributed by atoms with Crippen LogP contribution in [0.15, 0.2) is 12.1 Å². The highest BCUT2D eigenvalue weighted by Crippen LogP contribution is 2.24. The number of hydrogen-bond acceptors (Lipinski definition) is 4. The molecule has 96 valence electrons. The first kappa shape index (κ1) is 12.4. The van der Waals surface area contributed by atoms with Crippen LogP contribution in [0.4, 0.5) is 4.79 Å². The van der Waals surface area contributed by atoms with E-state index in [2.05, 4.69) is 5.32 Å². The van der Waals surface area contributed by atoms with Crippen molar-refractivity contribution in [3.8, 4) is 5.75 Å². The number of hydrogen-bond donors (Lipinski definition) is 1. The van der Waals surface area contributed by atoms with Crippen LogP contribution in [0, 0.1) is 13.8 Å². The molecule has 1 atom stereocenters. The molecule has 1 saturated heterocycles. The number of cyclic esters (lactones) is 1. The number of ether oxygens (including phenoxy) is 2. The molecule has 1 unspecified atom stereocenters. The van der Waals surface area contributed by atoms with Crippen molar-refractivity contribution in [2.75, 3.05) is 13.2 Å². The van der Waals surface area contributed by atoms with Crippen LogP contribution in [0.1, 0.15) is 21.5 Å². The predicted octanol–water partition coefficient (Wildman–Crippen LogP) is 1.60. The topological polar surface area (TPSA) is 64.6 Å². The highest BCUT2D eigenvalue weighted by Gasteiger charge is 2.23. The smallest absolute Gasteiger partial charge is 0.407 e. The number of rotatable bonds is 4. The molecule has 1 aliphatic heterocycles. The minimum atomic E-state index is -0.409. The van der Waals surface area contributed by atoms with Gasteiger partial charge in [0.25, 0.3) is 0 Å². The third-order valence-electron chi connectivity index (χ3n) is 2.78. The molecule has 1 N–H and O–H groups in total. The molecule has 5 heteroatoms. The van der Waals surface area contributed by atoms with Crippen molar-refractivity contribution in [3.63, 3.8) is 0 Å². The maximum Gasteiger partial charge on any atom is 0.407 e. The van der Waals surface area contributed by atoms with E-state index < -0.39 is 6.09 Å². The Bertz CT molecular complexity index is 461. The van der Waals surface area contributed by atoms with Gasteiger partial charge in [0.15, 0.2) is 6.10 Å². The second kappa shape index (κ2) is 5.08. The molecular weight excluding hydrogens is 234 g/mol. The van der Waals surface area contributed by atoms with Gasteiger partial charge >= 0.3 is 6.09 Å². The van der Waals surface area contributed by atoms with Crippen LogP contribution in [-0.4, -0.2) is 31.6 Å². The summed E-state index contributed by atoms with van der Waals surface area (Å²) in [6.07, 6.45) is 0.141. The summed E-state index contributed by atoms with van der Waals surface area (Å²) < 4.78 is 10.6. The molecule has 1 heterocycles. The quantitative estimate of drug-likeness (QED) is 0.823. The normalized spacial score (nSPS) is 18.1. The third kappa shape index (κ3) is 2.61. The second-order valence-electron chi connectivity index (χ2n) is 4.32. The fourth-order valence-corrected chi connectivity index (χ4v) is 1.98. The van der Waals surface area contributed by atoms with Gasteiger partial charge in [0.1, 0.15) is 18.6 Å². The molecule has 1 aromatic rings. The molecule has 0 saturated carbocycles. The molecule has 0 aromatic heterocycles. The van der Waals surface area contributed by atoms with Gasteiger partial charge in [-0.2, -0.15) is 0 Å². The summed E-state index contributed by atoms with van der Waals surface area (Å²) >= 11 is 0. The predicted molar refractivity (Wildman–Crippen MR) is 65.1 cm³/mol. The van der Waals surface area contributed by atoms with Crippen molar-refractivity contribution in [3.05, 3.63) is 28.8 Å². The largest absolute Gasteiger partial charge is 0.489 e. The highest BCUT2D eigenvalue weighted by atomic mass is 16.6. The van der Waals surface area contributed by atoms with Crippen molar-refractivity contribution in [2.24, 2.45) is 0 Å². The summed E-state index contributed by atoms with van der Waals surface area (Å²) in [5.41, 5.74) is 2.43. The van der Waals surface area contributed by atoms with Gasteiger partial charge in [-0.25, -0.2) is 4.79 Å². The fraction of sp³-hybridized carbons (Fsp3) is 0.385. The zero-order valence-corrected chi connectivity index (χ0v) is 10.4. The van der Waals surface area contributed by atoms with Crippen LogP contribution in [0.3, 0.4) is 0 Å². The summed E-state index contributed by atoms with van der Waals surface area (Å²) in [5.74, 6) is 0.739. The molecule has 0 radical (unpaired) electrons. The fourth-order valence-electron chi connectivity index (χ4n) is 1.98. The molecule has 1 fully saturated rings. The van der Waals surface area contributed by atoms with Crippen LogP contribution < -0.4 is 10.1 Å². The van der Waals surface area contributed by atoms with Gasteiger partial charge < -0.3 is 14.8 Å². The molecule has 0 spiro atoms. The lowest BCUT2D eigenvalue weighted by Crippen LogP contribution is -2.22. The zero-order valence-electron chi connectivity index (χ0n) is 10.4. The summed E-state index contributed by atoms with van der Waals surface area (Å²) in [7, 11) is 0. The van der Waals surface area contributed by atoms with Crippen molar-refractivity contribution < 1.29 is 19.1 Å². The highest BCUT2D eigenvalue weighted by molar-refractivity contribution is 5.76.